The van der Waals surface area contributed by atoms with Crippen molar-refractivity contribution in [1.29, 1.82) is 0 Å². The summed E-state index contributed by atoms with van der Waals surface area (Å²) in [4.78, 5) is 9.02. The zero-order valence-corrected chi connectivity index (χ0v) is 36.2. The monoisotopic (exact) mass is 780 g/mol. The summed E-state index contributed by atoms with van der Waals surface area (Å²) in [6.45, 7) is 9.24. The highest BCUT2D eigenvalue weighted by Gasteiger charge is 2.21. The maximum absolute atomic E-state index is 2.59. The number of unbranched alkanes of at least 4 members (excludes halogenated alkanes) is 18. The Balaban J connectivity index is 1.11. The van der Waals surface area contributed by atoms with Crippen LogP contribution >= 0.6 is 68.0 Å². The van der Waals surface area contributed by atoms with Gasteiger partial charge in [-0.25, -0.2) is 0 Å². The molecular weight excluding hydrogens is 721 g/mol. The van der Waals surface area contributed by atoms with E-state index in [1.165, 1.54) is 194 Å². The molecule has 0 aliphatic heterocycles. The average Bonchev–Trinajstić information content (AvgIpc) is 3.94. The number of rotatable bonds is 24. The fourth-order valence-corrected chi connectivity index (χ4v) is 15.5. The van der Waals surface area contributed by atoms with Gasteiger partial charge in [0, 0.05) is 40.0 Å². The summed E-state index contributed by atoms with van der Waals surface area (Å²) >= 11 is 12.2. The summed E-state index contributed by atoms with van der Waals surface area (Å²) in [6.07, 6.45) is 30.5. The molecule has 0 saturated carbocycles. The first-order chi connectivity index (χ1) is 24.6. The molecule has 0 aromatic carbocycles. The largest absolute Gasteiger partial charge is 0.139 e. The fourth-order valence-electron chi connectivity index (χ4n) is 7.52. The highest BCUT2D eigenvalue weighted by molar-refractivity contribution is 7.50. The van der Waals surface area contributed by atoms with E-state index in [2.05, 4.69) is 74.6 Å². The second-order valence-electron chi connectivity index (χ2n) is 14.8. The highest BCUT2D eigenvalue weighted by Crippen LogP contribution is 2.52. The summed E-state index contributed by atoms with van der Waals surface area (Å²) in [7, 11) is 0. The van der Waals surface area contributed by atoms with Crippen LogP contribution in [0.4, 0.5) is 0 Å². The van der Waals surface area contributed by atoms with Gasteiger partial charge in [0.05, 0.1) is 17.4 Å². The molecule has 0 bridgehead atoms. The van der Waals surface area contributed by atoms with E-state index in [1.807, 2.05) is 45.3 Å². The number of fused-ring (bicyclic) bond motifs is 5. The maximum atomic E-state index is 2.59. The average molecular weight is 781 g/mol. The van der Waals surface area contributed by atoms with Gasteiger partial charge in [-0.3, -0.25) is 0 Å². The molecule has 0 aliphatic rings. The van der Waals surface area contributed by atoms with Gasteiger partial charge in [0.15, 0.2) is 0 Å². The Hall–Kier alpha value is -1.02. The van der Waals surface area contributed by atoms with Crippen LogP contribution < -0.4 is 0 Å². The molecule has 6 rings (SSSR count). The SMILES string of the molecule is CCCCCCCCCCCCc1cc(-c2cc(CCCCCCCCCCCC)c(-c3cc4c(s3)sc3c5cc(C)sc5sc43)s2)sc1C. The Morgan fingerprint density at radius 2 is 0.860 bits per heavy atom. The van der Waals surface area contributed by atoms with Crippen molar-refractivity contribution in [2.75, 3.05) is 0 Å². The predicted molar refractivity (Wildman–Crippen MR) is 238 cm³/mol. The lowest BCUT2D eigenvalue weighted by Gasteiger charge is -2.04. The van der Waals surface area contributed by atoms with Crippen LogP contribution in [0.3, 0.4) is 0 Å². The minimum Gasteiger partial charge on any atom is -0.139 e. The molecule has 0 radical (unpaired) electrons. The minimum absolute atomic E-state index is 1.22. The number of hydrogen-bond donors (Lipinski definition) is 0. The molecule has 6 heteroatoms. The predicted octanol–water partition coefficient (Wildman–Crippen LogP) is 18.4. The van der Waals surface area contributed by atoms with E-state index in [1.54, 1.807) is 16.0 Å². The topological polar surface area (TPSA) is 0 Å². The van der Waals surface area contributed by atoms with Crippen LogP contribution in [0.2, 0.25) is 0 Å². The third-order valence-corrected chi connectivity index (χ3v) is 18.1. The minimum atomic E-state index is 1.22. The van der Waals surface area contributed by atoms with Crippen LogP contribution in [-0.4, -0.2) is 0 Å². The first-order valence-electron chi connectivity index (χ1n) is 20.1. The second-order valence-corrected chi connectivity index (χ2v) is 21.9. The molecule has 0 saturated heterocycles. The molecule has 6 aromatic heterocycles. The van der Waals surface area contributed by atoms with Gasteiger partial charge in [-0.05, 0) is 74.9 Å². The van der Waals surface area contributed by atoms with Crippen LogP contribution in [-0.2, 0) is 12.8 Å². The van der Waals surface area contributed by atoms with E-state index in [9.17, 15) is 0 Å². The molecule has 0 atom stereocenters. The molecule has 0 nitrogen and oxygen atoms in total. The molecule has 6 aromatic rings. The zero-order valence-electron chi connectivity index (χ0n) is 31.3. The molecule has 0 N–H and O–H groups in total. The molecule has 0 spiro atoms. The van der Waals surface area contributed by atoms with E-state index in [0.717, 1.165) is 0 Å². The number of hydrogen-bond acceptors (Lipinski definition) is 6. The molecule has 272 valence electrons. The van der Waals surface area contributed by atoms with Crippen LogP contribution in [0.1, 0.15) is 163 Å². The fraction of sp³-hybridized carbons (Fsp3) is 0.591. The maximum Gasteiger partial charge on any atom is 0.0893 e. The summed E-state index contributed by atoms with van der Waals surface area (Å²) in [5.74, 6) is 0. The molecule has 0 unspecified atom stereocenters. The van der Waals surface area contributed by atoms with Crippen molar-refractivity contribution in [3.05, 3.63) is 45.1 Å². The molecule has 0 fully saturated rings. The van der Waals surface area contributed by atoms with Crippen molar-refractivity contribution in [3.63, 3.8) is 0 Å². The lowest BCUT2D eigenvalue weighted by atomic mass is 10.0. The van der Waals surface area contributed by atoms with Gasteiger partial charge in [0.25, 0.3) is 0 Å². The third kappa shape index (κ3) is 10.1. The van der Waals surface area contributed by atoms with Crippen molar-refractivity contribution in [2.45, 2.75) is 169 Å². The van der Waals surface area contributed by atoms with Gasteiger partial charge in [0.2, 0.25) is 0 Å². The Bertz CT molecular complexity index is 1880. The Morgan fingerprint density at radius 3 is 1.44 bits per heavy atom. The Labute approximate surface area is 327 Å². The van der Waals surface area contributed by atoms with Gasteiger partial charge in [-0.2, -0.15) is 0 Å². The van der Waals surface area contributed by atoms with Crippen LogP contribution in [0, 0.1) is 13.8 Å². The van der Waals surface area contributed by atoms with E-state index >= 15 is 0 Å². The van der Waals surface area contributed by atoms with Crippen molar-refractivity contribution in [2.24, 2.45) is 0 Å². The van der Waals surface area contributed by atoms with E-state index in [-0.39, 0.29) is 0 Å². The van der Waals surface area contributed by atoms with Crippen molar-refractivity contribution >= 4 is 96.2 Å². The first-order valence-corrected chi connectivity index (χ1v) is 25.0. The second kappa shape index (κ2) is 19.9. The van der Waals surface area contributed by atoms with Gasteiger partial charge < -0.3 is 0 Å². The molecule has 50 heavy (non-hydrogen) atoms. The summed E-state index contributed by atoms with van der Waals surface area (Å²) in [6, 6.07) is 10.1. The normalized spacial score (nSPS) is 12.2. The van der Waals surface area contributed by atoms with Gasteiger partial charge in [0.1, 0.15) is 0 Å². The quantitative estimate of drug-likeness (QED) is 0.0537. The van der Waals surface area contributed by atoms with Crippen LogP contribution in [0.15, 0.2) is 24.3 Å². The number of thiophene rings is 6. The molecule has 6 heterocycles. The molecule has 0 aliphatic carbocycles. The Kier molecular flexibility index (Phi) is 15.4. The van der Waals surface area contributed by atoms with Crippen molar-refractivity contribution < 1.29 is 0 Å². The lowest BCUT2D eigenvalue weighted by Crippen LogP contribution is -1.87. The van der Waals surface area contributed by atoms with E-state index < -0.39 is 0 Å². The Morgan fingerprint density at radius 1 is 0.400 bits per heavy atom. The summed E-state index contributed by atoms with van der Waals surface area (Å²) in [5.41, 5.74) is 3.20. The highest BCUT2D eigenvalue weighted by atomic mass is 32.2. The lowest BCUT2D eigenvalue weighted by molar-refractivity contribution is 0.556. The van der Waals surface area contributed by atoms with Crippen molar-refractivity contribution in [1.82, 2.24) is 0 Å². The van der Waals surface area contributed by atoms with Crippen LogP contribution in [0.25, 0.3) is 47.7 Å². The summed E-state index contributed by atoms with van der Waals surface area (Å²) in [5, 5.41) is 2.99. The van der Waals surface area contributed by atoms with E-state index in [4.69, 9.17) is 0 Å². The van der Waals surface area contributed by atoms with Gasteiger partial charge in [-0.1, -0.05) is 129 Å². The third-order valence-electron chi connectivity index (χ3n) is 10.5. The smallest absolute Gasteiger partial charge is 0.0893 e. The van der Waals surface area contributed by atoms with Crippen LogP contribution in [0.5, 0.6) is 0 Å². The standard InChI is InChI=1S/C44H60S6/c1-5-7-9-11-13-15-17-19-21-23-25-33-28-37(46-32(33)4)38-29-34(26-24-22-20-18-16-14-12-10-8-6-2)40(47-38)39-30-36-42-41(50-44(36)48-39)35-27-31(3)45-43(35)49-42/h27-30H,5-26H2,1-4H3. The zero-order chi connectivity index (χ0) is 34.7. The van der Waals surface area contributed by atoms with Gasteiger partial charge >= 0.3 is 0 Å². The summed E-state index contributed by atoms with van der Waals surface area (Å²) < 4.78 is 6.05. The molecular formula is C44H60S6. The number of aryl methyl sites for hydroxylation is 4. The van der Waals surface area contributed by atoms with Crippen molar-refractivity contribution in [3.8, 4) is 19.5 Å². The van der Waals surface area contributed by atoms with E-state index in [0.29, 0.717) is 0 Å². The first kappa shape index (κ1) is 38.7. The van der Waals surface area contributed by atoms with Gasteiger partial charge in [-0.15, -0.1) is 68.0 Å². The molecule has 0 amide bonds.